The second kappa shape index (κ2) is 7.61. The first-order chi connectivity index (χ1) is 10.6. The average molecular weight is 341 g/mol. The van der Waals surface area contributed by atoms with E-state index in [2.05, 4.69) is 11.3 Å². The second-order valence-corrected chi connectivity index (χ2v) is 7.62. The summed E-state index contributed by atoms with van der Waals surface area (Å²) in [6, 6.07) is 4.84. The molecule has 1 rings (SSSR count). The molecular weight excluding hydrogens is 318 g/mol. The first-order valence-corrected chi connectivity index (χ1v) is 8.57. The Hall–Kier alpha value is -1.86. The molecule has 0 aromatic heterocycles. The molecule has 6 nitrogen and oxygen atoms in total. The molecular formula is C16H23NO5S. The van der Waals surface area contributed by atoms with E-state index in [4.69, 9.17) is 9.47 Å². The number of carbonyl (C=O) groups is 1. The fraction of sp³-hybridized carbons (Fsp3) is 0.438. The van der Waals surface area contributed by atoms with Crippen LogP contribution >= 0.6 is 0 Å². The van der Waals surface area contributed by atoms with Crippen molar-refractivity contribution >= 4 is 16.0 Å². The molecule has 0 radical (unpaired) electrons. The Morgan fingerprint density at radius 1 is 1.30 bits per heavy atom. The van der Waals surface area contributed by atoms with Crippen LogP contribution in [0, 0.1) is 0 Å². The van der Waals surface area contributed by atoms with Crippen molar-refractivity contribution in [2.24, 2.45) is 0 Å². The van der Waals surface area contributed by atoms with Crippen molar-refractivity contribution in [3.63, 3.8) is 0 Å². The Morgan fingerprint density at radius 2 is 1.87 bits per heavy atom. The van der Waals surface area contributed by atoms with Gasteiger partial charge in [0.15, 0.2) is 0 Å². The normalized spacial score (nSPS) is 13.2. The predicted octanol–water partition coefficient (Wildman–Crippen LogP) is 2.26. The molecule has 1 atom stereocenters. The zero-order valence-corrected chi connectivity index (χ0v) is 14.6. The lowest BCUT2D eigenvalue weighted by atomic mass is 10.1. The number of carbonyl (C=O) groups excluding carboxylic acids is 1. The van der Waals surface area contributed by atoms with Crippen LogP contribution in [0.25, 0.3) is 0 Å². The summed E-state index contributed by atoms with van der Waals surface area (Å²) < 4.78 is 37.4. The van der Waals surface area contributed by atoms with Gasteiger partial charge in [0.25, 0.3) is 0 Å². The number of rotatable bonds is 7. The predicted molar refractivity (Wildman–Crippen MR) is 87.8 cm³/mol. The molecule has 1 aromatic rings. The lowest BCUT2D eigenvalue weighted by molar-refractivity contribution is -0.156. The lowest BCUT2D eigenvalue weighted by Crippen LogP contribution is -2.43. The van der Waals surface area contributed by atoms with Crippen molar-refractivity contribution in [2.75, 3.05) is 7.11 Å². The molecule has 1 aromatic carbocycles. The Kier molecular flexibility index (Phi) is 6.35. The maximum atomic E-state index is 12.4. The summed E-state index contributed by atoms with van der Waals surface area (Å²) in [5, 5.41) is 0. The highest BCUT2D eigenvalue weighted by molar-refractivity contribution is 7.89. The molecule has 0 bridgehead atoms. The van der Waals surface area contributed by atoms with Gasteiger partial charge in [-0.3, -0.25) is 4.79 Å². The van der Waals surface area contributed by atoms with Gasteiger partial charge >= 0.3 is 5.97 Å². The van der Waals surface area contributed by atoms with Crippen LogP contribution in [0.4, 0.5) is 0 Å². The summed E-state index contributed by atoms with van der Waals surface area (Å²) in [6.07, 6.45) is 1.59. The molecule has 23 heavy (non-hydrogen) atoms. The van der Waals surface area contributed by atoms with E-state index in [0.717, 1.165) is 0 Å². The van der Waals surface area contributed by atoms with Crippen LogP contribution in [0.3, 0.4) is 0 Å². The van der Waals surface area contributed by atoms with Crippen LogP contribution in [0.5, 0.6) is 5.75 Å². The standard InChI is InChI=1S/C16H23NO5S/c1-6-7-14(15(18)22-16(2,3)4)17-23(19,20)13-10-8-12(21-5)9-11-13/h6,8-11,14,17H,1,7H2,2-5H3/t14-/m1/s1. The van der Waals surface area contributed by atoms with E-state index >= 15 is 0 Å². The van der Waals surface area contributed by atoms with Crippen molar-refractivity contribution in [2.45, 2.75) is 43.7 Å². The van der Waals surface area contributed by atoms with Crippen LogP contribution in [-0.4, -0.2) is 33.1 Å². The molecule has 0 amide bonds. The molecule has 0 spiro atoms. The van der Waals surface area contributed by atoms with E-state index in [-0.39, 0.29) is 11.3 Å². The summed E-state index contributed by atoms with van der Waals surface area (Å²) in [4.78, 5) is 12.2. The topological polar surface area (TPSA) is 81.7 Å². The van der Waals surface area contributed by atoms with Crippen molar-refractivity contribution < 1.29 is 22.7 Å². The summed E-state index contributed by atoms with van der Waals surface area (Å²) >= 11 is 0. The second-order valence-electron chi connectivity index (χ2n) is 5.91. The van der Waals surface area contributed by atoms with Crippen LogP contribution in [0.1, 0.15) is 27.2 Å². The smallest absolute Gasteiger partial charge is 0.325 e. The minimum Gasteiger partial charge on any atom is -0.497 e. The van der Waals surface area contributed by atoms with E-state index in [1.54, 1.807) is 20.8 Å². The molecule has 0 saturated heterocycles. The molecule has 7 heteroatoms. The third kappa shape index (κ3) is 6.03. The largest absolute Gasteiger partial charge is 0.497 e. The van der Waals surface area contributed by atoms with E-state index in [1.807, 2.05) is 0 Å². The van der Waals surface area contributed by atoms with E-state index in [1.165, 1.54) is 37.5 Å². The molecule has 0 unspecified atom stereocenters. The fourth-order valence-electron chi connectivity index (χ4n) is 1.74. The molecule has 0 fully saturated rings. The number of sulfonamides is 1. The van der Waals surface area contributed by atoms with Gasteiger partial charge in [-0.2, -0.15) is 4.72 Å². The molecule has 128 valence electrons. The van der Waals surface area contributed by atoms with Crippen molar-refractivity contribution in [1.29, 1.82) is 0 Å². The summed E-state index contributed by atoms with van der Waals surface area (Å²) in [5.41, 5.74) is -0.706. The third-order valence-electron chi connectivity index (χ3n) is 2.76. The van der Waals surface area contributed by atoms with Crippen LogP contribution in [0.15, 0.2) is 41.8 Å². The molecule has 0 saturated carbocycles. The van der Waals surface area contributed by atoms with E-state index < -0.39 is 27.6 Å². The first kappa shape index (κ1) is 19.2. The van der Waals surface area contributed by atoms with Crippen molar-refractivity contribution in [3.05, 3.63) is 36.9 Å². The highest BCUT2D eigenvalue weighted by Gasteiger charge is 2.28. The Balaban J connectivity index is 2.96. The number of benzene rings is 1. The van der Waals surface area contributed by atoms with Gasteiger partial charge in [0.2, 0.25) is 10.0 Å². The minimum atomic E-state index is -3.86. The van der Waals surface area contributed by atoms with Crippen LogP contribution in [0.2, 0.25) is 0 Å². The van der Waals surface area contributed by atoms with Gasteiger partial charge < -0.3 is 9.47 Å². The number of hydrogen-bond donors (Lipinski definition) is 1. The quantitative estimate of drug-likeness (QED) is 0.608. The Morgan fingerprint density at radius 3 is 2.30 bits per heavy atom. The van der Waals surface area contributed by atoms with E-state index in [0.29, 0.717) is 5.75 Å². The Labute approximate surface area is 137 Å². The van der Waals surface area contributed by atoms with Gasteiger partial charge in [-0.15, -0.1) is 6.58 Å². The highest BCUT2D eigenvalue weighted by atomic mass is 32.2. The molecule has 0 heterocycles. The van der Waals surface area contributed by atoms with Gasteiger partial charge in [0.1, 0.15) is 17.4 Å². The van der Waals surface area contributed by atoms with Gasteiger partial charge in [-0.1, -0.05) is 6.08 Å². The van der Waals surface area contributed by atoms with Crippen LogP contribution < -0.4 is 9.46 Å². The molecule has 0 aliphatic carbocycles. The number of methoxy groups -OCH3 is 1. The molecule has 0 aliphatic heterocycles. The number of ether oxygens (including phenoxy) is 2. The third-order valence-corrected chi connectivity index (χ3v) is 4.25. The maximum Gasteiger partial charge on any atom is 0.325 e. The van der Waals surface area contributed by atoms with Crippen LogP contribution in [-0.2, 0) is 19.6 Å². The summed E-state index contributed by atoms with van der Waals surface area (Å²) in [6.45, 7) is 8.69. The minimum absolute atomic E-state index is 0.0379. The lowest BCUT2D eigenvalue weighted by Gasteiger charge is -2.24. The summed E-state index contributed by atoms with van der Waals surface area (Å²) in [5.74, 6) is -0.103. The van der Waals surface area contributed by atoms with E-state index in [9.17, 15) is 13.2 Å². The summed E-state index contributed by atoms with van der Waals surface area (Å²) in [7, 11) is -2.37. The number of nitrogens with one attached hydrogen (secondary N) is 1. The first-order valence-electron chi connectivity index (χ1n) is 7.09. The number of hydrogen-bond acceptors (Lipinski definition) is 5. The monoisotopic (exact) mass is 341 g/mol. The van der Waals surface area contributed by atoms with Gasteiger partial charge in [0.05, 0.1) is 12.0 Å². The Bertz CT molecular complexity index is 644. The van der Waals surface area contributed by atoms with Crippen molar-refractivity contribution in [3.8, 4) is 5.75 Å². The zero-order valence-electron chi connectivity index (χ0n) is 13.8. The average Bonchev–Trinajstić information content (AvgIpc) is 2.45. The molecule has 0 aliphatic rings. The van der Waals surface area contributed by atoms with Gasteiger partial charge in [-0.05, 0) is 51.5 Å². The molecule has 1 N–H and O–H groups in total. The van der Waals surface area contributed by atoms with Gasteiger partial charge in [0, 0.05) is 0 Å². The maximum absolute atomic E-state index is 12.4. The van der Waals surface area contributed by atoms with Gasteiger partial charge in [-0.25, -0.2) is 8.42 Å². The zero-order chi connectivity index (χ0) is 17.7. The number of esters is 1. The van der Waals surface area contributed by atoms with Crippen molar-refractivity contribution in [1.82, 2.24) is 4.72 Å². The fourth-order valence-corrected chi connectivity index (χ4v) is 2.94. The SMILES string of the molecule is C=CC[C@@H](NS(=O)(=O)c1ccc(OC)cc1)C(=O)OC(C)(C)C. The highest BCUT2D eigenvalue weighted by Crippen LogP contribution is 2.17.